The maximum Gasteiger partial charge on any atom is 0.337 e. The number of rotatable bonds is 5. The van der Waals surface area contributed by atoms with E-state index in [0.29, 0.717) is 16.8 Å². The molecule has 0 saturated heterocycles. The fourth-order valence-corrected chi connectivity index (χ4v) is 1.98. The molecule has 124 valence electrons. The molecule has 0 bridgehead atoms. The topological polar surface area (TPSA) is 84.5 Å². The van der Waals surface area contributed by atoms with E-state index >= 15 is 0 Å². The molecule has 0 unspecified atom stereocenters. The molecule has 6 nitrogen and oxygen atoms in total. The molecule has 0 spiro atoms. The van der Waals surface area contributed by atoms with Crippen molar-refractivity contribution in [2.75, 3.05) is 19.0 Å². The fourth-order valence-electron chi connectivity index (χ4n) is 1.98. The Morgan fingerprint density at radius 1 is 0.917 bits per heavy atom. The second-order valence-electron chi connectivity index (χ2n) is 5.17. The van der Waals surface area contributed by atoms with Crippen molar-refractivity contribution in [1.82, 2.24) is 5.32 Å². The zero-order chi connectivity index (χ0) is 17.5. The molecule has 0 fully saturated rings. The van der Waals surface area contributed by atoms with Gasteiger partial charge in [-0.1, -0.05) is 17.7 Å². The number of methoxy groups -OCH3 is 1. The number of amides is 2. The van der Waals surface area contributed by atoms with Crippen LogP contribution in [0.2, 0.25) is 0 Å². The lowest BCUT2D eigenvalue weighted by Crippen LogP contribution is -2.32. The number of anilines is 1. The van der Waals surface area contributed by atoms with Crippen LogP contribution in [0, 0.1) is 6.92 Å². The van der Waals surface area contributed by atoms with Gasteiger partial charge in [-0.05, 0) is 43.3 Å². The predicted molar refractivity (Wildman–Crippen MR) is 89.9 cm³/mol. The second kappa shape index (κ2) is 7.92. The van der Waals surface area contributed by atoms with Gasteiger partial charge in [0.2, 0.25) is 5.91 Å². The Balaban J connectivity index is 1.85. The molecule has 0 radical (unpaired) electrons. The first-order valence-electron chi connectivity index (χ1n) is 7.32. The summed E-state index contributed by atoms with van der Waals surface area (Å²) in [5.74, 6) is -1.12. The third kappa shape index (κ3) is 4.67. The number of benzene rings is 2. The molecular weight excluding hydrogens is 308 g/mol. The van der Waals surface area contributed by atoms with Crippen molar-refractivity contribution in [3.63, 3.8) is 0 Å². The molecule has 0 aromatic heterocycles. The van der Waals surface area contributed by atoms with Gasteiger partial charge in [-0.2, -0.15) is 0 Å². The Kier molecular flexibility index (Phi) is 5.68. The largest absolute Gasteiger partial charge is 0.465 e. The molecule has 0 aliphatic heterocycles. The van der Waals surface area contributed by atoms with Crippen molar-refractivity contribution in [3.05, 3.63) is 65.2 Å². The summed E-state index contributed by atoms with van der Waals surface area (Å²) in [6.45, 7) is 1.78. The third-order valence-corrected chi connectivity index (χ3v) is 3.31. The lowest BCUT2D eigenvalue weighted by molar-refractivity contribution is -0.115. The average Bonchev–Trinajstić information content (AvgIpc) is 2.60. The van der Waals surface area contributed by atoms with E-state index < -0.39 is 5.97 Å². The van der Waals surface area contributed by atoms with E-state index in [1.165, 1.54) is 7.11 Å². The normalized spacial score (nSPS) is 9.92. The summed E-state index contributed by atoms with van der Waals surface area (Å²) in [7, 11) is 1.30. The van der Waals surface area contributed by atoms with E-state index in [-0.39, 0.29) is 18.4 Å². The van der Waals surface area contributed by atoms with Crippen LogP contribution < -0.4 is 10.6 Å². The molecule has 2 aromatic rings. The first-order chi connectivity index (χ1) is 11.5. The van der Waals surface area contributed by atoms with Crippen LogP contribution in [-0.2, 0) is 9.53 Å². The Bertz CT molecular complexity index is 737. The molecule has 24 heavy (non-hydrogen) atoms. The zero-order valence-electron chi connectivity index (χ0n) is 13.5. The molecule has 2 rings (SSSR count). The Morgan fingerprint density at radius 3 is 2.08 bits per heavy atom. The van der Waals surface area contributed by atoms with Gasteiger partial charge in [0, 0.05) is 11.3 Å². The van der Waals surface area contributed by atoms with Crippen molar-refractivity contribution in [3.8, 4) is 0 Å². The SMILES string of the molecule is COC(=O)c1ccc(NC(=O)CNC(=O)c2ccc(C)cc2)cc1. The minimum atomic E-state index is -0.446. The Labute approximate surface area is 139 Å². The number of hydrogen-bond donors (Lipinski definition) is 2. The second-order valence-corrected chi connectivity index (χ2v) is 5.17. The van der Waals surface area contributed by atoms with Gasteiger partial charge in [-0.3, -0.25) is 9.59 Å². The van der Waals surface area contributed by atoms with Crippen LogP contribution in [0.4, 0.5) is 5.69 Å². The van der Waals surface area contributed by atoms with Gasteiger partial charge in [0.1, 0.15) is 0 Å². The fraction of sp³-hybridized carbons (Fsp3) is 0.167. The number of nitrogens with one attached hydrogen (secondary N) is 2. The van der Waals surface area contributed by atoms with Gasteiger partial charge in [0.05, 0.1) is 19.2 Å². The molecule has 0 aliphatic rings. The molecular formula is C18H18N2O4. The summed E-state index contributed by atoms with van der Waals surface area (Å²) in [4.78, 5) is 35.1. The van der Waals surface area contributed by atoms with E-state index in [9.17, 15) is 14.4 Å². The first-order valence-corrected chi connectivity index (χ1v) is 7.32. The number of esters is 1. The molecule has 0 heterocycles. The van der Waals surface area contributed by atoms with Crippen molar-refractivity contribution >= 4 is 23.5 Å². The summed E-state index contributed by atoms with van der Waals surface area (Å²) in [5.41, 5.74) is 2.47. The van der Waals surface area contributed by atoms with Gasteiger partial charge in [-0.15, -0.1) is 0 Å². The van der Waals surface area contributed by atoms with E-state index in [1.807, 2.05) is 19.1 Å². The van der Waals surface area contributed by atoms with Crippen LogP contribution in [0.15, 0.2) is 48.5 Å². The summed E-state index contributed by atoms with van der Waals surface area (Å²) >= 11 is 0. The van der Waals surface area contributed by atoms with Gasteiger partial charge in [0.25, 0.3) is 5.91 Å². The number of carbonyl (C=O) groups is 3. The van der Waals surface area contributed by atoms with E-state index in [2.05, 4.69) is 15.4 Å². The van der Waals surface area contributed by atoms with Crippen LogP contribution in [0.3, 0.4) is 0 Å². The smallest absolute Gasteiger partial charge is 0.337 e. The van der Waals surface area contributed by atoms with Gasteiger partial charge < -0.3 is 15.4 Å². The van der Waals surface area contributed by atoms with Gasteiger partial charge >= 0.3 is 5.97 Å². The molecule has 0 saturated carbocycles. The lowest BCUT2D eigenvalue weighted by Gasteiger charge is -2.08. The molecule has 2 amide bonds. The quantitative estimate of drug-likeness (QED) is 0.825. The maximum absolute atomic E-state index is 11.9. The van der Waals surface area contributed by atoms with Crippen LogP contribution in [-0.4, -0.2) is 31.4 Å². The van der Waals surface area contributed by atoms with Crippen molar-refractivity contribution < 1.29 is 19.1 Å². The molecule has 2 N–H and O–H groups in total. The third-order valence-electron chi connectivity index (χ3n) is 3.31. The highest BCUT2D eigenvalue weighted by atomic mass is 16.5. The van der Waals surface area contributed by atoms with E-state index in [4.69, 9.17) is 0 Å². The van der Waals surface area contributed by atoms with Crippen LogP contribution in [0.25, 0.3) is 0 Å². The zero-order valence-corrected chi connectivity index (χ0v) is 13.5. The monoisotopic (exact) mass is 326 g/mol. The minimum absolute atomic E-state index is 0.147. The highest BCUT2D eigenvalue weighted by molar-refractivity contribution is 5.99. The average molecular weight is 326 g/mol. The lowest BCUT2D eigenvalue weighted by atomic mass is 10.1. The van der Waals surface area contributed by atoms with Crippen molar-refractivity contribution in [2.45, 2.75) is 6.92 Å². The van der Waals surface area contributed by atoms with Crippen LogP contribution in [0.1, 0.15) is 26.3 Å². The maximum atomic E-state index is 11.9. The van der Waals surface area contributed by atoms with E-state index in [1.54, 1.807) is 36.4 Å². The first kappa shape index (κ1) is 17.2. The highest BCUT2D eigenvalue weighted by Crippen LogP contribution is 2.10. The van der Waals surface area contributed by atoms with Crippen LogP contribution in [0.5, 0.6) is 0 Å². The molecule has 0 atom stereocenters. The minimum Gasteiger partial charge on any atom is -0.465 e. The Hall–Kier alpha value is -3.15. The molecule has 2 aromatic carbocycles. The summed E-state index contributed by atoms with van der Waals surface area (Å²) in [6, 6.07) is 13.3. The van der Waals surface area contributed by atoms with E-state index in [0.717, 1.165) is 5.56 Å². The van der Waals surface area contributed by atoms with Crippen molar-refractivity contribution in [2.24, 2.45) is 0 Å². The molecule has 6 heteroatoms. The summed E-state index contributed by atoms with van der Waals surface area (Å²) in [5, 5.41) is 5.19. The standard InChI is InChI=1S/C18H18N2O4/c1-12-3-5-13(6-4-12)17(22)19-11-16(21)20-15-9-7-14(8-10-15)18(23)24-2/h3-10H,11H2,1-2H3,(H,19,22)(H,20,21). The highest BCUT2D eigenvalue weighted by Gasteiger charge is 2.09. The number of aryl methyl sites for hydroxylation is 1. The molecule has 0 aliphatic carbocycles. The predicted octanol–water partition coefficient (Wildman–Crippen LogP) is 2.15. The number of carbonyl (C=O) groups excluding carboxylic acids is 3. The van der Waals surface area contributed by atoms with Gasteiger partial charge in [0.15, 0.2) is 0 Å². The number of ether oxygens (including phenoxy) is 1. The summed E-state index contributed by atoms with van der Waals surface area (Å²) in [6.07, 6.45) is 0. The van der Waals surface area contributed by atoms with Gasteiger partial charge in [-0.25, -0.2) is 4.79 Å². The van der Waals surface area contributed by atoms with Crippen molar-refractivity contribution in [1.29, 1.82) is 0 Å². The Morgan fingerprint density at radius 2 is 1.50 bits per heavy atom. The summed E-state index contributed by atoms with van der Waals surface area (Å²) < 4.78 is 4.60. The van der Waals surface area contributed by atoms with Crippen LogP contribution >= 0.6 is 0 Å². The number of hydrogen-bond acceptors (Lipinski definition) is 4.